The number of nitrogens with zero attached hydrogens (tertiary/aromatic N) is 4. The van der Waals surface area contributed by atoms with Crippen LogP contribution in [0.5, 0.6) is 0 Å². The molecule has 5 rings (SSSR count). The summed E-state index contributed by atoms with van der Waals surface area (Å²) in [6.45, 7) is 0. The molecule has 0 aliphatic heterocycles. The van der Waals surface area contributed by atoms with Gasteiger partial charge in [-0.05, 0) is 48.5 Å². The molecule has 0 fully saturated rings. The average Bonchev–Trinajstić information content (AvgIpc) is 3.40. The molecule has 0 saturated carbocycles. The maximum atomic E-state index is 13.4. The van der Waals surface area contributed by atoms with E-state index in [1.165, 1.54) is 12.1 Å². The van der Waals surface area contributed by atoms with E-state index in [2.05, 4.69) is 25.7 Å². The van der Waals surface area contributed by atoms with E-state index in [-0.39, 0.29) is 11.5 Å². The Morgan fingerprint density at radius 2 is 1.60 bits per heavy atom. The molecule has 0 unspecified atom stereocenters. The first-order valence-corrected chi connectivity index (χ1v) is 10.4. The van der Waals surface area contributed by atoms with Gasteiger partial charge in [-0.15, -0.1) is 0 Å². The second-order valence-electron chi connectivity index (χ2n) is 7.50. The fourth-order valence-electron chi connectivity index (χ4n) is 3.43. The van der Waals surface area contributed by atoms with Crippen LogP contribution in [0.25, 0.3) is 16.9 Å². The molecule has 2 aromatic heterocycles. The normalized spacial score (nSPS) is 10.8. The number of urea groups is 1. The maximum absolute atomic E-state index is 13.4. The molecular formula is C25H16F2N6O2. The summed E-state index contributed by atoms with van der Waals surface area (Å²) < 4.78 is 28.0. The molecule has 10 heteroatoms. The van der Waals surface area contributed by atoms with Crippen molar-refractivity contribution < 1.29 is 18.4 Å². The first-order chi connectivity index (χ1) is 17.0. The van der Waals surface area contributed by atoms with E-state index in [4.69, 9.17) is 0 Å². The van der Waals surface area contributed by atoms with Gasteiger partial charge in [-0.1, -0.05) is 12.1 Å². The van der Waals surface area contributed by atoms with Crippen molar-refractivity contribution in [2.24, 2.45) is 0 Å². The molecule has 3 aromatic carbocycles. The number of nitrogens with one attached hydrogen (secondary N) is 2. The van der Waals surface area contributed by atoms with Crippen molar-refractivity contribution in [3.8, 4) is 5.82 Å². The van der Waals surface area contributed by atoms with Crippen molar-refractivity contribution >= 4 is 34.2 Å². The van der Waals surface area contributed by atoms with Crippen LogP contribution in [0.4, 0.5) is 25.0 Å². The number of amides is 2. The number of aromatic nitrogens is 4. The van der Waals surface area contributed by atoms with E-state index in [0.717, 1.165) is 12.1 Å². The largest absolute Gasteiger partial charge is 0.323 e. The minimum atomic E-state index is -1.08. The van der Waals surface area contributed by atoms with Crippen LogP contribution in [0.3, 0.4) is 0 Å². The molecule has 2 N–H and O–H groups in total. The lowest BCUT2D eigenvalue weighted by atomic mass is 10.0. The van der Waals surface area contributed by atoms with Gasteiger partial charge < -0.3 is 10.6 Å². The van der Waals surface area contributed by atoms with Crippen LogP contribution in [-0.2, 0) is 0 Å². The topological polar surface area (TPSA) is 102 Å². The smallest absolute Gasteiger partial charge is 0.308 e. The number of carbonyl (C=O) groups is 2. The highest BCUT2D eigenvalue weighted by Crippen LogP contribution is 2.20. The summed E-state index contributed by atoms with van der Waals surface area (Å²) in [4.78, 5) is 34.3. The molecule has 0 spiro atoms. The van der Waals surface area contributed by atoms with Gasteiger partial charge in [0.15, 0.2) is 23.2 Å². The van der Waals surface area contributed by atoms with Crippen molar-refractivity contribution in [1.29, 1.82) is 0 Å². The van der Waals surface area contributed by atoms with Crippen molar-refractivity contribution in [3.05, 3.63) is 108 Å². The summed E-state index contributed by atoms with van der Waals surface area (Å²) in [6, 6.07) is 15.5. The number of halogens is 2. The van der Waals surface area contributed by atoms with Gasteiger partial charge in [0.05, 0.1) is 17.2 Å². The molecule has 2 amide bonds. The van der Waals surface area contributed by atoms with Gasteiger partial charge in [-0.25, -0.2) is 23.2 Å². The molecule has 2 heterocycles. The van der Waals surface area contributed by atoms with E-state index in [0.29, 0.717) is 33.7 Å². The Kier molecular flexibility index (Phi) is 5.68. The minimum Gasteiger partial charge on any atom is -0.308 e. The molecule has 0 atom stereocenters. The number of rotatable bonds is 5. The molecule has 0 radical (unpaired) electrons. The highest BCUT2D eigenvalue weighted by molar-refractivity contribution is 6.11. The van der Waals surface area contributed by atoms with Gasteiger partial charge in [-0.2, -0.15) is 5.10 Å². The van der Waals surface area contributed by atoms with Crippen LogP contribution in [0.1, 0.15) is 15.9 Å². The van der Waals surface area contributed by atoms with E-state index < -0.39 is 17.7 Å². The highest BCUT2D eigenvalue weighted by Gasteiger charge is 2.13. The first kappa shape index (κ1) is 21.8. The van der Waals surface area contributed by atoms with Crippen LogP contribution in [0, 0.1) is 11.6 Å². The van der Waals surface area contributed by atoms with Crippen LogP contribution in [0.2, 0.25) is 0 Å². The first-order valence-electron chi connectivity index (χ1n) is 10.4. The number of benzene rings is 3. The number of hydrogen-bond acceptors (Lipinski definition) is 5. The Morgan fingerprint density at radius 3 is 2.37 bits per heavy atom. The Morgan fingerprint density at radius 1 is 0.800 bits per heavy atom. The number of ketones is 1. The predicted octanol–water partition coefficient (Wildman–Crippen LogP) is 4.97. The molecule has 0 bridgehead atoms. The number of hydrogen-bond donors (Lipinski definition) is 2. The summed E-state index contributed by atoms with van der Waals surface area (Å²) in [6.07, 6.45) is 4.97. The second kappa shape index (κ2) is 9.10. The summed E-state index contributed by atoms with van der Waals surface area (Å²) in [5, 5.41) is 9.12. The third kappa shape index (κ3) is 4.71. The van der Waals surface area contributed by atoms with Crippen molar-refractivity contribution in [3.63, 3.8) is 0 Å². The van der Waals surface area contributed by atoms with Crippen LogP contribution < -0.4 is 10.6 Å². The third-order valence-corrected chi connectivity index (χ3v) is 5.09. The Hall–Kier alpha value is -4.99. The monoisotopic (exact) mass is 470 g/mol. The third-order valence-electron chi connectivity index (χ3n) is 5.09. The van der Waals surface area contributed by atoms with Crippen LogP contribution in [-0.4, -0.2) is 31.6 Å². The maximum Gasteiger partial charge on any atom is 0.323 e. The molecular weight excluding hydrogens is 454 g/mol. The zero-order valence-corrected chi connectivity index (χ0v) is 17.9. The van der Waals surface area contributed by atoms with E-state index in [1.54, 1.807) is 65.7 Å². The fourth-order valence-corrected chi connectivity index (χ4v) is 3.43. The second-order valence-corrected chi connectivity index (χ2v) is 7.50. The Bertz CT molecular complexity index is 1570. The van der Waals surface area contributed by atoms with E-state index >= 15 is 0 Å². The molecule has 0 saturated heterocycles. The summed E-state index contributed by atoms with van der Waals surface area (Å²) >= 11 is 0. The van der Waals surface area contributed by atoms with Gasteiger partial charge in [-0.3, -0.25) is 9.78 Å². The zero-order valence-electron chi connectivity index (χ0n) is 17.9. The lowest BCUT2D eigenvalue weighted by Gasteiger charge is -2.09. The van der Waals surface area contributed by atoms with Gasteiger partial charge in [0.1, 0.15) is 0 Å². The average molecular weight is 470 g/mol. The predicted molar refractivity (Wildman–Crippen MR) is 126 cm³/mol. The van der Waals surface area contributed by atoms with Crippen molar-refractivity contribution in [2.45, 2.75) is 0 Å². The Labute approximate surface area is 197 Å². The zero-order chi connectivity index (χ0) is 24.4. The lowest BCUT2D eigenvalue weighted by molar-refractivity contribution is 0.103. The minimum absolute atomic E-state index is 0.0837. The van der Waals surface area contributed by atoms with Gasteiger partial charge in [0.2, 0.25) is 0 Å². The fraction of sp³-hybridized carbons (Fsp3) is 0. The van der Waals surface area contributed by atoms with Gasteiger partial charge in [0.25, 0.3) is 0 Å². The number of anilines is 2. The molecule has 8 nitrogen and oxygen atoms in total. The van der Waals surface area contributed by atoms with Crippen molar-refractivity contribution in [2.75, 3.05) is 10.6 Å². The molecule has 0 aliphatic carbocycles. The highest BCUT2D eigenvalue weighted by atomic mass is 19.2. The number of carbonyl (C=O) groups excluding carboxylic acids is 2. The summed E-state index contributed by atoms with van der Waals surface area (Å²) in [5.41, 5.74) is 2.32. The van der Waals surface area contributed by atoms with Crippen LogP contribution in [0.15, 0.2) is 85.3 Å². The quantitative estimate of drug-likeness (QED) is 0.353. The lowest BCUT2D eigenvalue weighted by Crippen LogP contribution is -2.19. The van der Waals surface area contributed by atoms with Crippen LogP contribution >= 0.6 is 0 Å². The van der Waals surface area contributed by atoms with Gasteiger partial charge in [0, 0.05) is 41.0 Å². The molecule has 5 aromatic rings. The Balaban J connectivity index is 1.35. The summed E-state index contributed by atoms with van der Waals surface area (Å²) in [5.74, 6) is -1.85. The molecule has 172 valence electrons. The van der Waals surface area contributed by atoms with Crippen molar-refractivity contribution in [1.82, 2.24) is 19.7 Å². The SMILES string of the molecule is O=C(Nc1cccc(C(=O)c2ccc3ncc(-n4cccn4)nc3c2)c1)Nc1ccc(F)c(F)c1. The number of fused-ring (bicyclic) bond motifs is 1. The van der Waals surface area contributed by atoms with E-state index in [9.17, 15) is 18.4 Å². The molecule has 0 aliphatic rings. The van der Waals surface area contributed by atoms with E-state index in [1.807, 2.05) is 0 Å². The molecule has 35 heavy (non-hydrogen) atoms. The van der Waals surface area contributed by atoms with Gasteiger partial charge >= 0.3 is 6.03 Å². The standard InChI is InChI=1S/C25H16F2N6O2/c26-19-7-6-18(13-20(19)27)31-25(35)30-17-4-1-3-15(11-17)24(34)16-5-8-21-22(12-16)32-23(14-28-21)33-10-2-9-29-33/h1-14H,(H2,30,31,35). The summed E-state index contributed by atoms with van der Waals surface area (Å²) in [7, 11) is 0.